The van der Waals surface area contributed by atoms with E-state index in [9.17, 15) is 0 Å². The molecule has 0 radical (unpaired) electrons. The van der Waals surface area contributed by atoms with Gasteiger partial charge in [0.15, 0.2) is 12.4 Å². The molecule has 0 saturated heterocycles. The van der Waals surface area contributed by atoms with Crippen LogP contribution < -0.4 is 9.30 Å². The molecule has 1 rings (SSSR count). The molecule has 0 fully saturated rings. The minimum absolute atomic E-state index is 0. The largest absolute Gasteiger partial charge is 0.496 e. The van der Waals surface area contributed by atoms with E-state index in [1.807, 2.05) is 37.0 Å². The monoisotopic (exact) mass is 266 g/mol. The molecule has 11 heavy (non-hydrogen) atoms. The molecule has 0 aliphatic rings. The minimum Gasteiger partial charge on any atom is -0.496 e. The second-order valence-electron chi connectivity index (χ2n) is 2.36. The fourth-order valence-electron chi connectivity index (χ4n) is 0.958. The van der Waals surface area contributed by atoms with Crippen molar-refractivity contribution >= 4 is 24.0 Å². The molecule has 0 unspecified atom stereocenters. The summed E-state index contributed by atoms with van der Waals surface area (Å²) in [6.07, 6.45) is 3.99. The van der Waals surface area contributed by atoms with Crippen LogP contribution in [0.5, 0.6) is 5.75 Å². The van der Waals surface area contributed by atoms with Crippen LogP contribution in [0.1, 0.15) is 5.56 Å². The van der Waals surface area contributed by atoms with Gasteiger partial charge in [-0.05, 0) is 6.92 Å². The lowest BCUT2D eigenvalue weighted by molar-refractivity contribution is -0.671. The molecule has 0 amide bonds. The van der Waals surface area contributed by atoms with Crippen molar-refractivity contribution < 1.29 is 9.30 Å². The van der Waals surface area contributed by atoms with Crippen LogP contribution >= 0.6 is 24.0 Å². The Hall–Kier alpha value is -0.320. The molecule has 1 heterocycles. The van der Waals surface area contributed by atoms with Gasteiger partial charge in [0.2, 0.25) is 0 Å². The van der Waals surface area contributed by atoms with Gasteiger partial charge in [-0.15, -0.1) is 24.0 Å². The van der Waals surface area contributed by atoms with Gasteiger partial charge in [0.25, 0.3) is 0 Å². The molecule has 0 spiro atoms. The molecule has 62 valence electrons. The van der Waals surface area contributed by atoms with E-state index in [-0.39, 0.29) is 24.0 Å². The molecule has 0 aliphatic heterocycles. The smallest absolute Gasteiger partial charge is 0.175 e. The van der Waals surface area contributed by atoms with Gasteiger partial charge in [-0.1, -0.05) is 0 Å². The Balaban J connectivity index is 0.000001000. The maximum Gasteiger partial charge on any atom is 0.175 e. The maximum absolute atomic E-state index is 5.09. The molecule has 2 nitrogen and oxygen atoms in total. The van der Waals surface area contributed by atoms with E-state index in [1.165, 1.54) is 0 Å². The van der Waals surface area contributed by atoms with Crippen molar-refractivity contribution in [3.8, 4) is 5.75 Å². The number of methoxy groups -OCH3 is 1. The third-order valence-electron chi connectivity index (χ3n) is 1.47. The summed E-state index contributed by atoms with van der Waals surface area (Å²) in [6.45, 7) is 2.03. The van der Waals surface area contributed by atoms with Crippen LogP contribution in [-0.2, 0) is 7.05 Å². The quantitative estimate of drug-likeness (QED) is 0.554. The third-order valence-corrected chi connectivity index (χ3v) is 1.47. The fraction of sp³-hybridized carbons (Fsp3) is 0.375. The van der Waals surface area contributed by atoms with E-state index >= 15 is 0 Å². The molecule has 0 atom stereocenters. The number of ether oxygens (including phenoxy) is 1. The molecule has 0 saturated carbocycles. The van der Waals surface area contributed by atoms with Gasteiger partial charge in [0.1, 0.15) is 12.8 Å². The average molecular weight is 266 g/mol. The number of hydrogen-bond acceptors (Lipinski definition) is 1. The topological polar surface area (TPSA) is 13.1 Å². The molecule has 1 aromatic rings. The van der Waals surface area contributed by atoms with Gasteiger partial charge in [-0.25, -0.2) is 4.57 Å². The van der Waals surface area contributed by atoms with E-state index in [0.29, 0.717) is 0 Å². The normalized spacial score (nSPS) is 8.64. The van der Waals surface area contributed by atoms with Crippen molar-refractivity contribution in [2.45, 2.75) is 6.92 Å². The number of halogens is 1. The Morgan fingerprint density at radius 3 is 2.55 bits per heavy atom. The molecule has 0 bridgehead atoms. The first-order valence-corrected chi connectivity index (χ1v) is 3.24. The molecule has 1 aromatic heterocycles. The first kappa shape index (κ1) is 10.7. The van der Waals surface area contributed by atoms with Crippen molar-refractivity contribution in [3.63, 3.8) is 0 Å². The number of pyridine rings is 1. The lowest BCUT2D eigenvalue weighted by atomic mass is 10.3. The number of aromatic nitrogens is 1. The summed E-state index contributed by atoms with van der Waals surface area (Å²) >= 11 is 0. The van der Waals surface area contributed by atoms with E-state index in [4.69, 9.17) is 4.74 Å². The van der Waals surface area contributed by atoms with E-state index in [1.54, 1.807) is 7.11 Å². The summed E-state index contributed by atoms with van der Waals surface area (Å²) in [7, 11) is 3.68. The summed E-state index contributed by atoms with van der Waals surface area (Å²) in [5.74, 6) is 0.943. The second-order valence-corrected chi connectivity index (χ2v) is 2.36. The summed E-state index contributed by atoms with van der Waals surface area (Å²) in [4.78, 5) is 0. The highest BCUT2D eigenvalue weighted by Gasteiger charge is 2.00. The predicted octanol–water partition coefficient (Wildman–Crippen LogP) is 1.45. The van der Waals surface area contributed by atoms with Gasteiger partial charge in [-0.2, -0.15) is 0 Å². The highest BCUT2D eigenvalue weighted by atomic mass is 127. The first-order valence-electron chi connectivity index (χ1n) is 3.24. The van der Waals surface area contributed by atoms with Crippen LogP contribution in [-0.4, -0.2) is 7.11 Å². The van der Waals surface area contributed by atoms with Gasteiger partial charge in [0.05, 0.1) is 12.7 Å². The molecule has 3 heteroatoms. The van der Waals surface area contributed by atoms with Crippen LogP contribution in [0.3, 0.4) is 0 Å². The SMILES string of the molecule is COc1cc[n+](C)cc1C.I. The lowest BCUT2D eigenvalue weighted by Gasteiger charge is -1.99. The van der Waals surface area contributed by atoms with Crippen LogP contribution in [0.15, 0.2) is 18.5 Å². The first-order chi connectivity index (χ1) is 4.74. The van der Waals surface area contributed by atoms with E-state index < -0.39 is 0 Å². The number of aryl methyl sites for hydroxylation is 2. The fourth-order valence-corrected chi connectivity index (χ4v) is 0.958. The Morgan fingerprint density at radius 2 is 2.09 bits per heavy atom. The summed E-state index contributed by atoms with van der Waals surface area (Å²) < 4.78 is 7.08. The molecular formula is C8H13INO+. The van der Waals surface area contributed by atoms with Crippen molar-refractivity contribution in [1.82, 2.24) is 0 Å². The summed E-state index contributed by atoms with van der Waals surface area (Å²) in [6, 6.07) is 1.95. The molecule has 0 aromatic carbocycles. The van der Waals surface area contributed by atoms with Crippen LogP contribution in [0.4, 0.5) is 0 Å². The second kappa shape index (κ2) is 4.54. The van der Waals surface area contributed by atoms with Crippen LogP contribution in [0, 0.1) is 6.92 Å². The van der Waals surface area contributed by atoms with Crippen LogP contribution in [0.2, 0.25) is 0 Å². The summed E-state index contributed by atoms with van der Waals surface area (Å²) in [5.41, 5.74) is 1.16. The van der Waals surface area contributed by atoms with Gasteiger partial charge < -0.3 is 4.74 Å². The van der Waals surface area contributed by atoms with E-state index in [0.717, 1.165) is 11.3 Å². The van der Waals surface area contributed by atoms with Gasteiger partial charge in [-0.3, -0.25) is 0 Å². The standard InChI is InChI=1S/C8H12NO.HI/c1-7-6-9(2)5-4-8(7)10-3;/h4-6H,1-3H3;1H/q+1;. The molecular weight excluding hydrogens is 253 g/mol. The Morgan fingerprint density at radius 1 is 1.45 bits per heavy atom. The van der Waals surface area contributed by atoms with Crippen LogP contribution in [0.25, 0.3) is 0 Å². The highest BCUT2D eigenvalue weighted by molar-refractivity contribution is 14.0. The average Bonchev–Trinajstić information content (AvgIpc) is 1.88. The Labute approximate surface area is 84.2 Å². The van der Waals surface area contributed by atoms with Gasteiger partial charge >= 0.3 is 0 Å². The number of hydrogen-bond donors (Lipinski definition) is 0. The zero-order valence-corrected chi connectivity index (χ0v) is 9.33. The molecule has 0 aliphatic carbocycles. The zero-order valence-electron chi connectivity index (χ0n) is 7.00. The maximum atomic E-state index is 5.09. The number of rotatable bonds is 1. The van der Waals surface area contributed by atoms with Crippen molar-refractivity contribution in [2.75, 3.05) is 7.11 Å². The number of nitrogens with zero attached hydrogens (tertiary/aromatic N) is 1. The Bertz CT molecular complexity index is 238. The summed E-state index contributed by atoms with van der Waals surface area (Å²) in [5, 5.41) is 0. The highest BCUT2D eigenvalue weighted by Crippen LogP contribution is 2.11. The van der Waals surface area contributed by atoms with Crippen molar-refractivity contribution in [1.29, 1.82) is 0 Å². The van der Waals surface area contributed by atoms with E-state index in [2.05, 4.69) is 0 Å². The van der Waals surface area contributed by atoms with Gasteiger partial charge in [0, 0.05) is 6.07 Å². The van der Waals surface area contributed by atoms with Crippen molar-refractivity contribution in [2.24, 2.45) is 7.05 Å². The predicted molar refractivity (Wildman–Crippen MR) is 54.3 cm³/mol. The van der Waals surface area contributed by atoms with Crippen molar-refractivity contribution in [3.05, 3.63) is 24.0 Å². The lowest BCUT2D eigenvalue weighted by Crippen LogP contribution is -2.26. The zero-order chi connectivity index (χ0) is 7.56. The minimum atomic E-state index is 0. The molecule has 0 N–H and O–H groups in total. The Kier molecular flexibility index (Phi) is 4.40. The third kappa shape index (κ3) is 2.65.